The lowest BCUT2D eigenvalue weighted by atomic mass is 9.97. The number of hydrogen-bond acceptors (Lipinski definition) is 8. The van der Waals surface area contributed by atoms with E-state index in [9.17, 15) is 29.4 Å². The summed E-state index contributed by atoms with van der Waals surface area (Å²) < 4.78 is 0. The molecule has 0 saturated heterocycles. The van der Waals surface area contributed by atoms with Crippen LogP contribution in [0, 0.1) is 5.92 Å². The van der Waals surface area contributed by atoms with Crippen LogP contribution in [0.15, 0.2) is 0 Å². The number of carboxylic acid groups (broad SMARTS) is 1. The largest absolute Gasteiger partial charge is 0.480 e. The molecule has 0 rings (SSSR count). The Labute approximate surface area is 200 Å². The summed E-state index contributed by atoms with van der Waals surface area (Å²) in [6, 6.07) is -4.25. The number of hydrogen-bond donors (Lipinski definition) is 7. The van der Waals surface area contributed by atoms with Crippen LogP contribution in [0.5, 0.6) is 0 Å². The van der Waals surface area contributed by atoms with Crippen LogP contribution in [-0.2, 0) is 19.2 Å². The maximum Gasteiger partial charge on any atom is 0.328 e. The Bertz CT molecular complexity index is 636. The first-order valence-electron chi connectivity index (χ1n) is 11.3. The van der Waals surface area contributed by atoms with Crippen molar-refractivity contribution in [1.82, 2.24) is 16.0 Å². The molecule has 192 valence electrons. The zero-order valence-electron chi connectivity index (χ0n) is 20.0. The van der Waals surface area contributed by atoms with Crippen LogP contribution in [0.2, 0.25) is 0 Å². The fourth-order valence-electron chi connectivity index (χ4n) is 3.01. The summed E-state index contributed by atoms with van der Waals surface area (Å²) in [4.78, 5) is 49.6. The zero-order chi connectivity index (χ0) is 25.6. The van der Waals surface area contributed by atoms with E-state index in [-0.39, 0.29) is 5.92 Å². The van der Waals surface area contributed by atoms with Crippen molar-refractivity contribution >= 4 is 35.5 Å². The van der Waals surface area contributed by atoms with Crippen LogP contribution in [0.4, 0.5) is 0 Å². The van der Waals surface area contributed by atoms with Gasteiger partial charge in [0.15, 0.2) is 6.04 Å². The van der Waals surface area contributed by atoms with Crippen LogP contribution < -0.4 is 27.4 Å². The predicted octanol–water partition coefficient (Wildman–Crippen LogP) is -0.838. The van der Waals surface area contributed by atoms with Gasteiger partial charge in [0.2, 0.25) is 17.7 Å². The Morgan fingerprint density at radius 2 is 1.55 bits per heavy atom. The first kappa shape index (κ1) is 31.1. The number of amides is 3. The number of thioether (sulfide) groups is 1. The first-order chi connectivity index (χ1) is 15.5. The molecule has 0 aliphatic carbocycles. The van der Waals surface area contributed by atoms with Crippen LogP contribution in [0.25, 0.3) is 0 Å². The van der Waals surface area contributed by atoms with Gasteiger partial charge in [0.1, 0.15) is 12.1 Å². The van der Waals surface area contributed by atoms with Gasteiger partial charge in [0.05, 0.1) is 12.1 Å². The van der Waals surface area contributed by atoms with E-state index in [4.69, 9.17) is 11.5 Å². The van der Waals surface area contributed by atoms with Gasteiger partial charge in [-0.25, -0.2) is 4.79 Å². The molecule has 6 atom stereocenters. The average molecular weight is 492 g/mol. The Kier molecular flexibility index (Phi) is 15.7. The third-order valence-electron chi connectivity index (χ3n) is 5.39. The number of carbonyl (C=O) groups excluding carboxylic acids is 3. The van der Waals surface area contributed by atoms with E-state index in [2.05, 4.69) is 16.0 Å². The highest BCUT2D eigenvalue weighted by molar-refractivity contribution is 7.98. The predicted molar refractivity (Wildman–Crippen MR) is 128 cm³/mol. The smallest absolute Gasteiger partial charge is 0.328 e. The molecule has 0 fully saturated rings. The minimum absolute atomic E-state index is 0.326. The summed E-state index contributed by atoms with van der Waals surface area (Å²) in [5.74, 6) is -2.87. The van der Waals surface area contributed by atoms with Crippen molar-refractivity contribution in [2.24, 2.45) is 17.4 Å². The maximum absolute atomic E-state index is 13.0. The zero-order valence-corrected chi connectivity index (χ0v) is 20.8. The van der Waals surface area contributed by atoms with Gasteiger partial charge in [-0.2, -0.15) is 11.8 Å². The summed E-state index contributed by atoms with van der Waals surface area (Å²) in [5.41, 5.74) is 11.4. The van der Waals surface area contributed by atoms with Gasteiger partial charge in [0.25, 0.3) is 0 Å². The van der Waals surface area contributed by atoms with E-state index in [1.165, 1.54) is 18.7 Å². The number of nitrogens with one attached hydrogen (secondary N) is 3. The summed E-state index contributed by atoms with van der Waals surface area (Å²) >= 11 is 1.50. The molecule has 12 heteroatoms. The van der Waals surface area contributed by atoms with E-state index >= 15 is 0 Å². The molecule has 0 aromatic heterocycles. The van der Waals surface area contributed by atoms with Crippen molar-refractivity contribution in [3.63, 3.8) is 0 Å². The number of nitrogens with two attached hydrogens (primary N) is 2. The summed E-state index contributed by atoms with van der Waals surface area (Å²) in [7, 11) is 0. The average Bonchev–Trinajstić information content (AvgIpc) is 2.76. The molecule has 0 spiro atoms. The van der Waals surface area contributed by atoms with Crippen LogP contribution in [0.3, 0.4) is 0 Å². The molecule has 11 nitrogen and oxygen atoms in total. The third kappa shape index (κ3) is 11.7. The van der Waals surface area contributed by atoms with Crippen molar-refractivity contribution in [1.29, 1.82) is 0 Å². The molecule has 9 N–H and O–H groups in total. The molecule has 0 heterocycles. The van der Waals surface area contributed by atoms with E-state index < -0.39 is 54.0 Å². The standard InChI is InChI=1S/C21H41N5O6S/c1-5-12(2)16(20(30)26-17(13(3)27)21(31)32)25-19(29)15(9-11-33-4)24-18(28)14(23)8-6-7-10-22/h12-17,27H,5-11,22-23H2,1-4H3,(H,24,28)(H,25,29)(H,26,30)(H,31,32). The van der Waals surface area contributed by atoms with Gasteiger partial charge < -0.3 is 37.6 Å². The third-order valence-corrected chi connectivity index (χ3v) is 6.03. The van der Waals surface area contributed by atoms with Gasteiger partial charge in [-0.05, 0) is 50.7 Å². The van der Waals surface area contributed by atoms with E-state index in [0.717, 1.165) is 6.42 Å². The van der Waals surface area contributed by atoms with Crippen molar-refractivity contribution in [2.75, 3.05) is 18.6 Å². The molecule has 0 aliphatic heterocycles. The van der Waals surface area contributed by atoms with Crippen molar-refractivity contribution in [3.05, 3.63) is 0 Å². The SMILES string of the molecule is CCC(C)C(NC(=O)C(CCSC)NC(=O)C(N)CCCCN)C(=O)NC(C(=O)O)C(C)O. The normalized spacial score (nSPS) is 16.6. The monoisotopic (exact) mass is 491 g/mol. The molecule has 3 amide bonds. The first-order valence-corrected chi connectivity index (χ1v) is 12.7. The van der Waals surface area contributed by atoms with Crippen molar-refractivity contribution in [2.45, 2.75) is 83.1 Å². The van der Waals surface area contributed by atoms with Crippen molar-refractivity contribution < 1.29 is 29.4 Å². The fraction of sp³-hybridized carbons (Fsp3) is 0.810. The van der Waals surface area contributed by atoms with Gasteiger partial charge in [0, 0.05) is 0 Å². The topological polar surface area (TPSA) is 197 Å². The minimum Gasteiger partial charge on any atom is -0.480 e. The van der Waals surface area contributed by atoms with Gasteiger partial charge >= 0.3 is 5.97 Å². The maximum atomic E-state index is 13.0. The highest BCUT2D eigenvalue weighted by atomic mass is 32.2. The number of aliphatic hydroxyl groups is 1. The Morgan fingerprint density at radius 1 is 0.939 bits per heavy atom. The highest BCUT2D eigenvalue weighted by Gasteiger charge is 2.33. The molecule has 0 aliphatic rings. The fourth-order valence-corrected chi connectivity index (χ4v) is 3.48. The molecule has 0 saturated carbocycles. The quantitative estimate of drug-likeness (QED) is 0.127. The Morgan fingerprint density at radius 3 is 2.03 bits per heavy atom. The molecule has 0 aromatic carbocycles. The lowest BCUT2D eigenvalue weighted by molar-refractivity contribution is -0.145. The molecule has 33 heavy (non-hydrogen) atoms. The molecular formula is C21H41N5O6S. The van der Waals surface area contributed by atoms with Crippen LogP contribution in [-0.4, -0.2) is 82.7 Å². The van der Waals surface area contributed by atoms with Gasteiger partial charge in [-0.1, -0.05) is 26.7 Å². The number of carbonyl (C=O) groups is 4. The molecule has 0 bridgehead atoms. The van der Waals surface area contributed by atoms with Gasteiger partial charge in [-0.3, -0.25) is 14.4 Å². The second-order valence-corrected chi connectivity index (χ2v) is 9.16. The number of unbranched alkanes of at least 4 members (excludes halogenated alkanes) is 1. The van der Waals surface area contributed by atoms with E-state index in [1.807, 2.05) is 13.2 Å². The number of aliphatic carboxylic acids is 1. The van der Waals surface area contributed by atoms with E-state index in [0.29, 0.717) is 38.0 Å². The minimum atomic E-state index is -1.51. The lowest BCUT2D eigenvalue weighted by Crippen LogP contribution is -2.59. The second kappa shape index (κ2) is 16.7. The number of aliphatic hydroxyl groups excluding tert-OH is 1. The molecular weight excluding hydrogens is 450 g/mol. The highest BCUT2D eigenvalue weighted by Crippen LogP contribution is 2.11. The second-order valence-electron chi connectivity index (χ2n) is 8.17. The van der Waals surface area contributed by atoms with Crippen LogP contribution in [0.1, 0.15) is 52.9 Å². The molecule has 6 unspecified atom stereocenters. The number of carboxylic acids is 1. The summed E-state index contributed by atoms with van der Waals surface area (Å²) in [6.45, 7) is 5.32. The lowest BCUT2D eigenvalue weighted by Gasteiger charge is -2.28. The van der Waals surface area contributed by atoms with Crippen LogP contribution >= 0.6 is 11.8 Å². The molecule has 0 aromatic rings. The van der Waals surface area contributed by atoms with E-state index in [1.54, 1.807) is 6.92 Å². The van der Waals surface area contributed by atoms with Gasteiger partial charge in [-0.15, -0.1) is 0 Å². The summed E-state index contributed by atoms with van der Waals surface area (Å²) in [6.07, 6.45) is 3.27. The van der Waals surface area contributed by atoms with Crippen molar-refractivity contribution in [3.8, 4) is 0 Å². The Balaban J connectivity index is 5.41. The Hall–Kier alpha value is -1.89. The number of rotatable bonds is 17. The summed E-state index contributed by atoms with van der Waals surface area (Å²) in [5, 5.41) is 26.5. The molecule has 0 radical (unpaired) electrons.